The maximum atomic E-state index is 12.4. The smallest absolute Gasteiger partial charge is 0.336 e. The Morgan fingerprint density at radius 2 is 1.46 bits per heavy atom. The van der Waals surface area contributed by atoms with Crippen molar-refractivity contribution in [2.45, 2.75) is 62.8 Å². The summed E-state index contributed by atoms with van der Waals surface area (Å²) in [5, 5.41) is 33.8. The van der Waals surface area contributed by atoms with E-state index in [1.807, 2.05) is 11.0 Å². The highest BCUT2D eigenvalue weighted by molar-refractivity contribution is 5.96. The van der Waals surface area contributed by atoms with Gasteiger partial charge < -0.3 is 35.0 Å². The molecule has 0 aliphatic carbocycles. The van der Waals surface area contributed by atoms with Crippen LogP contribution in [0.25, 0.3) is 0 Å². The van der Waals surface area contributed by atoms with Crippen LogP contribution in [-0.2, 0) is 42.5 Å². The number of amides is 1. The molecule has 2 aromatic rings. The van der Waals surface area contributed by atoms with Gasteiger partial charge in [0.15, 0.2) is 5.60 Å². The van der Waals surface area contributed by atoms with Crippen LogP contribution in [0.2, 0.25) is 0 Å². The van der Waals surface area contributed by atoms with Gasteiger partial charge in [-0.25, -0.2) is 4.79 Å². The standard InChI is InChI=1S/C24H28N2O2.C6H8O7/c27-23-11-10-19-6-2-4-9-22(19)26(23)15-5-14-25-16-12-24(13-17-25)21-8-3-1-7-20(21)18-28-24;7-3(8)1-6(13,5(11)12)2-4(9)10/h1-4,6-9H,5,10-18H2;13H,1-2H2,(H,7,8)(H,9,10)(H,11,12). The number of carboxylic acid groups (broad SMARTS) is 3. The van der Waals surface area contributed by atoms with Crippen LogP contribution in [0, 0.1) is 0 Å². The van der Waals surface area contributed by atoms with Gasteiger partial charge in [0.1, 0.15) is 0 Å². The lowest BCUT2D eigenvalue weighted by Crippen LogP contribution is -2.43. The van der Waals surface area contributed by atoms with Gasteiger partial charge in [-0.15, -0.1) is 0 Å². The van der Waals surface area contributed by atoms with E-state index in [2.05, 4.69) is 47.4 Å². The first-order valence-electron chi connectivity index (χ1n) is 13.8. The summed E-state index contributed by atoms with van der Waals surface area (Å²) in [7, 11) is 0. The van der Waals surface area contributed by atoms with Crippen LogP contribution in [0.3, 0.4) is 0 Å². The van der Waals surface area contributed by atoms with Crippen LogP contribution in [0.15, 0.2) is 48.5 Å². The maximum Gasteiger partial charge on any atom is 0.336 e. The molecule has 0 atom stereocenters. The van der Waals surface area contributed by atoms with Crippen molar-refractivity contribution in [3.8, 4) is 0 Å². The summed E-state index contributed by atoms with van der Waals surface area (Å²) in [6.07, 6.45) is 2.37. The average Bonchev–Trinajstić information content (AvgIpc) is 3.28. The number of nitrogens with zero attached hydrogens (tertiary/aromatic N) is 2. The number of carboxylic acids is 3. The molecule has 3 aliphatic heterocycles. The summed E-state index contributed by atoms with van der Waals surface area (Å²) in [5.41, 5.74) is 2.39. The second-order valence-corrected chi connectivity index (χ2v) is 10.8. The third-order valence-electron chi connectivity index (χ3n) is 8.01. The van der Waals surface area contributed by atoms with Crippen molar-refractivity contribution in [1.82, 2.24) is 4.90 Å². The fraction of sp³-hybridized carbons (Fsp3) is 0.467. The summed E-state index contributed by atoms with van der Waals surface area (Å²) in [5.74, 6) is -4.75. The number of anilines is 1. The number of aliphatic hydroxyl groups is 1. The average molecular weight is 569 g/mol. The van der Waals surface area contributed by atoms with Crippen molar-refractivity contribution >= 4 is 29.5 Å². The van der Waals surface area contributed by atoms with Gasteiger partial charge in [0.25, 0.3) is 0 Å². The second-order valence-electron chi connectivity index (χ2n) is 10.8. The van der Waals surface area contributed by atoms with Gasteiger partial charge in [-0.1, -0.05) is 42.5 Å². The van der Waals surface area contributed by atoms with Crippen LogP contribution in [0.1, 0.15) is 55.2 Å². The molecular formula is C30H36N2O9. The van der Waals surface area contributed by atoms with Crippen LogP contribution in [0.4, 0.5) is 5.69 Å². The third-order valence-corrected chi connectivity index (χ3v) is 8.01. The number of carbonyl (C=O) groups is 4. The number of aryl methyl sites for hydroxylation is 1. The van der Waals surface area contributed by atoms with Gasteiger partial charge in [-0.3, -0.25) is 14.4 Å². The normalized spacial score (nSPS) is 17.8. The van der Waals surface area contributed by atoms with E-state index in [9.17, 15) is 19.2 Å². The Morgan fingerprint density at radius 3 is 2.10 bits per heavy atom. The first-order chi connectivity index (χ1) is 19.5. The Kier molecular flexibility index (Phi) is 9.42. The number of aliphatic carboxylic acids is 3. The highest BCUT2D eigenvalue weighted by atomic mass is 16.5. The number of fused-ring (bicyclic) bond motifs is 3. The lowest BCUT2D eigenvalue weighted by atomic mass is 9.84. The predicted molar refractivity (Wildman–Crippen MR) is 147 cm³/mol. The number of hydrogen-bond acceptors (Lipinski definition) is 7. The quantitative estimate of drug-likeness (QED) is 0.353. The predicted octanol–water partition coefficient (Wildman–Crippen LogP) is 2.63. The van der Waals surface area contributed by atoms with Crippen molar-refractivity contribution < 1.29 is 44.3 Å². The molecule has 1 saturated heterocycles. The van der Waals surface area contributed by atoms with Crippen molar-refractivity contribution in [3.05, 3.63) is 65.2 Å². The van der Waals surface area contributed by atoms with Gasteiger partial charge in [0.05, 0.1) is 25.0 Å². The summed E-state index contributed by atoms with van der Waals surface area (Å²) in [6, 6.07) is 17.0. The zero-order valence-electron chi connectivity index (χ0n) is 22.8. The van der Waals surface area contributed by atoms with Crippen LogP contribution >= 0.6 is 0 Å². The zero-order chi connectivity index (χ0) is 29.6. The second kappa shape index (κ2) is 12.8. The van der Waals surface area contributed by atoms with Crippen LogP contribution in [-0.4, -0.2) is 80.9 Å². The molecule has 0 unspecified atom stereocenters. The number of likely N-dealkylation sites (tertiary alicyclic amines) is 1. The minimum Gasteiger partial charge on any atom is -0.481 e. The van der Waals surface area contributed by atoms with Crippen molar-refractivity contribution in [3.63, 3.8) is 0 Å². The number of carbonyl (C=O) groups excluding carboxylic acids is 1. The Balaban J connectivity index is 0.000000254. The molecule has 3 heterocycles. The fourth-order valence-electron chi connectivity index (χ4n) is 5.84. The molecule has 0 bridgehead atoms. The van der Waals surface area contributed by atoms with E-state index >= 15 is 0 Å². The third kappa shape index (κ3) is 7.10. The Morgan fingerprint density at radius 1 is 0.854 bits per heavy atom. The molecule has 1 amide bonds. The number of ether oxygens (including phenoxy) is 1. The van der Waals surface area contributed by atoms with E-state index in [0.29, 0.717) is 6.42 Å². The largest absolute Gasteiger partial charge is 0.481 e. The number of piperidine rings is 1. The minimum atomic E-state index is -2.74. The van der Waals surface area contributed by atoms with Crippen molar-refractivity contribution in [2.24, 2.45) is 0 Å². The van der Waals surface area contributed by atoms with E-state index in [1.165, 1.54) is 16.7 Å². The van der Waals surface area contributed by atoms with Crippen LogP contribution < -0.4 is 4.90 Å². The van der Waals surface area contributed by atoms with Crippen LogP contribution in [0.5, 0.6) is 0 Å². The summed E-state index contributed by atoms with van der Waals surface area (Å²) < 4.78 is 6.27. The van der Waals surface area contributed by atoms with Gasteiger partial charge in [0, 0.05) is 31.7 Å². The summed E-state index contributed by atoms with van der Waals surface area (Å²) in [4.78, 5) is 47.4. The van der Waals surface area contributed by atoms with Gasteiger partial charge in [0.2, 0.25) is 5.91 Å². The van der Waals surface area contributed by atoms with Crippen molar-refractivity contribution in [2.75, 3.05) is 31.1 Å². The molecule has 1 spiro atoms. The van der Waals surface area contributed by atoms with E-state index in [-0.39, 0.29) is 11.5 Å². The highest BCUT2D eigenvalue weighted by Crippen LogP contribution is 2.44. The zero-order valence-corrected chi connectivity index (χ0v) is 22.8. The summed E-state index contributed by atoms with van der Waals surface area (Å²) >= 11 is 0. The highest BCUT2D eigenvalue weighted by Gasteiger charge is 2.42. The molecule has 0 saturated carbocycles. The molecule has 220 valence electrons. The Bertz CT molecular complexity index is 1270. The topological polar surface area (TPSA) is 165 Å². The number of para-hydroxylation sites is 1. The monoisotopic (exact) mass is 568 g/mol. The lowest BCUT2D eigenvalue weighted by Gasteiger charge is -2.39. The van der Waals surface area contributed by atoms with E-state index in [1.54, 1.807) is 0 Å². The van der Waals surface area contributed by atoms with Gasteiger partial charge >= 0.3 is 17.9 Å². The van der Waals surface area contributed by atoms with E-state index < -0.39 is 36.4 Å². The first-order valence-corrected chi connectivity index (χ1v) is 13.8. The molecule has 41 heavy (non-hydrogen) atoms. The molecule has 11 heteroatoms. The molecule has 4 N–H and O–H groups in total. The van der Waals surface area contributed by atoms with Crippen molar-refractivity contribution in [1.29, 1.82) is 0 Å². The lowest BCUT2D eigenvalue weighted by molar-refractivity contribution is -0.170. The number of benzene rings is 2. The van der Waals surface area contributed by atoms with E-state index in [4.69, 9.17) is 25.2 Å². The minimum absolute atomic E-state index is 0.0606. The summed E-state index contributed by atoms with van der Waals surface area (Å²) in [6.45, 7) is 4.75. The van der Waals surface area contributed by atoms with E-state index in [0.717, 1.165) is 64.2 Å². The SMILES string of the molecule is O=C(O)CC(O)(CC(=O)O)C(=O)O.O=C1CCc2ccccc2N1CCCN1CCC2(CC1)OCc1ccccc12. The molecule has 0 aromatic heterocycles. The Hall–Kier alpha value is -3.80. The Labute approximate surface area is 238 Å². The molecule has 0 radical (unpaired) electrons. The maximum absolute atomic E-state index is 12.4. The molecule has 11 nitrogen and oxygen atoms in total. The molecule has 2 aromatic carbocycles. The molecule has 1 fully saturated rings. The first kappa shape index (κ1) is 30.2. The molecular weight excluding hydrogens is 532 g/mol. The number of rotatable bonds is 9. The van der Waals surface area contributed by atoms with Gasteiger partial charge in [-0.2, -0.15) is 0 Å². The molecule has 5 rings (SSSR count). The fourth-order valence-corrected chi connectivity index (χ4v) is 5.84. The van der Waals surface area contributed by atoms with Gasteiger partial charge in [-0.05, 0) is 55.0 Å². The molecule has 3 aliphatic rings. The number of hydrogen-bond donors (Lipinski definition) is 4.